The highest BCUT2D eigenvalue weighted by atomic mass is 16.5. The molecule has 2 aliphatic rings. The van der Waals surface area contributed by atoms with Crippen molar-refractivity contribution in [2.75, 3.05) is 13.7 Å². The monoisotopic (exact) mass is 258 g/mol. The number of nitrogens with one attached hydrogen (secondary N) is 1. The van der Waals surface area contributed by atoms with Crippen LogP contribution in [0, 0.1) is 11.3 Å². The molecule has 4 nitrogen and oxygen atoms in total. The van der Waals surface area contributed by atoms with Crippen molar-refractivity contribution >= 4 is 0 Å². The van der Waals surface area contributed by atoms with Crippen LogP contribution in [0.5, 0.6) is 5.75 Å². The molecule has 0 bridgehead atoms. The highest BCUT2D eigenvalue weighted by Gasteiger charge is 2.36. The molecule has 4 heteroatoms. The highest BCUT2D eigenvalue weighted by molar-refractivity contribution is 5.40. The molecule has 1 aliphatic carbocycles. The van der Waals surface area contributed by atoms with Crippen molar-refractivity contribution in [2.45, 2.75) is 37.5 Å². The van der Waals surface area contributed by atoms with Gasteiger partial charge in [0.1, 0.15) is 5.75 Å². The lowest BCUT2D eigenvalue weighted by atomic mass is 9.84. The van der Waals surface area contributed by atoms with Gasteiger partial charge in [0.2, 0.25) is 0 Å². The number of fused-ring (bicyclic) bond motifs is 3. The molecule has 3 atom stereocenters. The summed E-state index contributed by atoms with van der Waals surface area (Å²) < 4.78 is 11.4. The summed E-state index contributed by atoms with van der Waals surface area (Å²) in [6.07, 6.45) is 2.63. The first-order chi connectivity index (χ1) is 9.31. The molecule has 1 aliphatic heterocycles. The molecule has 0 aromatic heterocycles. The first-order valence-corrected chi connectivity index (χ1v) is 6.74. The van der Waals surface area contributed by atoms with Gasteiger partial charge in [-0.15, -0.1) is 0 Å². The number of benzene rings is 1. The van der Waals surface area contributed by atoms with Crippen LogP contribution < -0.4 is 10.1 Å². The molecule has 0 amide bonds. The van der Waals surface area contributed by atoms with E-state index in [2.05, 4.69) is 23.5 Å². The topological polar surface area (TPSA) is 54.3 Å². The molecule has 3 unspecified atom stereocenters. The third-order valence-electron chi connectivity index (χ3n) is 4.02. The first-order valence-electron chi connectivity index (χ1n) is 6.74. The SMILES string of the molecule is COc1ccc2c(c1)C1OC(CC#N)CNC1CC2. The van der Waals surface area contributed by atoms with Crippen LogP contribution in [0.4, 0.5) is 0 Å². The molecule has 1 fully saturated rings. The second-order valence-corrected chi connectivity index (χ2v) is 5.16. The van der Waals surface area contributed by atoms with Gasteiger partial charge in [-0.3, -0.25) is 0 Å². The largest absolute Gasteiger partial charge is 0.497 e. The molecule has 1 aromatic rings. The predicted molar refractivity (Wildman–Crippen MR) is 70.9 cm³/mol. The van der Waals surface area contributed by atoms with Crippen LogP contribution in [0.25, 0.3) is 0 Å². The molecule has 0 saturated carbocycles. The van der Waals surface area contributed by atoms with Gasteiger partial charge in [-0.05, 0) is 36.1 Å². The molecule has 1 aromatic carbocycles. The summed E-state index contributed by atoms with van der Waals surface area (Å²) in [5, 5.41) is 12.3. The molecular weight excluding hydrogens is 240 g/mol. The number of rotatable bonds is 2. The fourth-order valence-corrected chi connectivity index (χ4v) is 3.01. The van der Waals surface area contributed by atoms with Crippen molar-refractivity contribution in [3.63, 3.8) is 0 Å². The Kier molecular flexibility index (Phi) is 3.41. The van der Waals surface area contributed by atoms with E-state index in [1.165, 1.54) is 11.1 Å². The summed E-state index contributed by atoms with van der Waals surface area (Å²) in [5.74, 6) is 0.866. The summed E-state index contributed by atoms with van der Waals surface area (Å²) in [6, 6.07) is 8.75. The van der Waals surface area contributed by atoms with Crippen molar-refractivity contribution < 1.29 is 9.47 Å². The zero-order valence-corrected chi connectivity index (χ0v) is 11.1. The molecule has 100 valence electrons. The average molecular weight is 258 g/mol. The van der Waals surface area contributed by atoms with Gasteiger partial charge in [0.25, 0.3) is 0 Å². The molecule has 1 heterocycles. The zero-order chi connectivity index (χ0) is 13.2. The van der Waals surface area contributed by atoms with Gasteiger partial charge in [0, 0.05) is 12.6 Å². The maximum absolute atomic E-state index is 8.81. The van der Waals surface area contributed by atoms with Gasteiger partial charge in [0.15, 0.2) is 0 Å². The van der Waals surface area contributed by atoms with Crippen LogP contribution in [-0.2, 0) is 11.2 Å². The van der Waals surface area contributed by atoms with Crippen molar-refractivity contribution in [1.29, 1.82) is 5.26 Å². The number of hydrogen-bond acceptors (Lipinski definition) is 4. The Morgan fingerprint density at radius 2 is 2.42 bits per heavy atom. The maximum Gasteiger partial charge on any atom is 0.119 e. The standard InChI is InChI=1S/C15H18N2O2/c1-18-11-4-2-10-3-5-14-15(13(10)8-11)19-12(6-7-16)9-17-14/h2,4,8,12,14-15,17H,3,5-6,9H2,1H3. The smallest absolute Gasteiger partial charge is 0.119 e. The van der Waals surface area contributed by atoms with Crippen molar-refractivity contribution in [1.82, 2.24) is 5.32 Å². The lowest BCUT2D eigenvalue weighted by Gasteiger charge is -2.41. The predicted octanol–water partition coefficient (Wildman–Crippen LogP) is 1.95. The van der Waals surface area contributed by atoms with Crippen molar-refractivity contribution in [3.05, 3.63) is 29.3 Å². The summed E-state index contributed by atoms with van der Waals surface area (Å²) in [4.78, 5) is 0. The number of methoxy groups -OCH3 is 1. The van der Waals surface area contributed by atoms with Crippen LogP contribution in [0.2, 0.25) is 0 Å². The summed E-state index contributed by atoms with van der Waals surface area (Å²) >= 11 is 0. The van der Waals surface area contributed by atoms with Gasteiger partial charge in [-0.25, -0.2) is 0 Å². The van der Waals surface area contributed by atoms with Crippen LogP contribution in [0.15, 0.2) is 18.2 Å². The number of ether oxygens (including phenoxy) is 2. The van der Waals surface area contributed by atoms with Crippen LogP contribution in [0.3, 0.4) is 0 Å². The highest BCUT2D eigenvalue weighted by Crippen LogP contribution is 2.37. The Labute approximate surface area is 113 Å². The summed E-state index contributed by atoms with van der Waals surface area (Å²) in [6.45, 7) is 0.772. The van der Waals surface area contributed by atoms with E-state index < -0.39 is 0 Å². The van der Waals surface area contributed by atoms with Gasteiger partial charge >= 0.3 is 0 Å². The first kappa shape index (κ1) is 12.5. The van der Waals surface area contributed by atoms with E-state index in [-0.39, 0.29) is 12.2 Å². The maximum atomic E-state index is 8.81. The fraction of sp³-hybridized carbons (Fsp3) is 0.533. The van der Waals surface area contributed by atoms with Gasteiger partial charge in [-0.2, -0.15) is 5.26 Å². The second kappa shape index (κ2) is 5.20. The quantitative estimate of drug-likeness (QED) is 0.881. The number of hydrogen-bond donors (Lipinski definition) is 1. The third-order valence-corrected chi connectivity index (χ3v) is 4.02. The Morgan fingerprint density at radius 3 is 3.21 bits per heavy atom. The molecule has 3 rings (SSSR count). The molecule has 0 spiro atoms. The van der Waals surface area contributed by atoms with E-state index in [0.29, 0.717) is 12.5 Å². The van der Waals surface area contributed by atoms with E-state index in [1.54, 1.807) is 7.11 Å². The van der Waals surface area contributed by atoms with Crippen molar-refractivity contribution in [2.24, 2.45) is 0 Å². The van der Waals surface area contributed by atoms with Gasteiger partial charge in [0.05, 0.1) is 31.8 Å². The number of morpholine rings is 1. The molecule has 0 radical (unpaired) electrons. The minimum atomic E-state index is -0.0107. The van der Waals surface area contributed by atoms with Crippen molar-refractivity contribution in [3.8, 4) is 11.8 Å². The fourth-order valence-electron chi connectivity index (χ4n) is 3.01. The Hall–Kier alpha value is -1.57. The van der Waals surface area contributed by atoms with Crippen LogP contribution in [-0.4, -0.2) is 25.8 Å². The Bertz CT molecular complexity index is 509. The lowest BCUT2D eigenvalue weighted by Crippen LogP contribution is -2.49. The number of nitrogens with zero attached hydrogens (tertiary/aromatic N) is 1. The number of nitriles is 1. The normalized spacial score (nSPS) is 28.9. The van der Waals surface area contributed by atoms with E-state index in [1.807, 2.05) is 6.07 Å². The lowest BCUT2D eigenvalue weighted by molar-refractivity contribution is -0.0680. The molecule has 19 heavy (non-hydrogen) atoms. The minimum Gasteiger partial charge on any atom is -0.497 e. The van der Waals surface area contributed by atoms with Gasteiger partial charge < -0.3 is 14.8 Å². The van der Waals surface area contributed by atoms with E-state index in [4.69, 9.17) is 14.7 Å². The van der Waals surface area contributed by atoms with E-state index in [9.17, 15) is 0 Å². The Balaban J connectivity index is 1.89. The number of aryl methyl sites for hydroxylation is 1. The van der Waals surface area contributed by atoms with Gasteiger partial charge in [-0.1, -0.05) is 6.07 Å². The molecule has 1 N–H and O–H groups in total. The van der Waals surface area contributed by atoms with Crippen LogP contribution in [0.1, 0.15) is 30.1 Å². The molecule has 1 saturated heterocycles. The minimum absolute atomic E-state index is 0.0107. The van der Waals surface area contributed by atoms with E-state index >= 15 is 0 Å². The summed E-state index contributed by atoms with van der Waals surface area (Å²) in [5.41, 5.74) is 2.55. The summed E-state index contributed by atoms with van der Waals surface area (Å²) in [7, 11) is 1.68. The average Bonchev–Trinajstić information content (AvgIpc) is 2.47. The molecular formula is C15H18N2O2. The zero-order valence-electron chi connectivity index (χ0n) is 11.1. The van der Waals surface area contributed by atoms with Crippen LogP contribution >= 0.6 is 0 Å². The van der Waals surface area contributed by atoms with E-state index in [0.717, 1.165) is 25.1 Å². The second-order valence-electron chi connectivity index (χ2n) is 5.16. The Morgan fingerprint density at radius 1 is 1.53 bits per heavy atom. The third kappa shape index (κ3) is 2.32.